The number of hydrogen-bond acceptors (Lipinski definition) is 4. The molecule has 0 spiro atoms. The van der Waals surface area contributed by atoms with Crippen LogP contribution >= 0.6 is 0 Å². The molecule has 0 unspecified atom stereocenters. The van der Waals surface area contributed by atoms with Crippen molar-refractivity contribution in [1.82, 2.24) is 9.47 Å². The lowest BCUT2D eigenvalue weighted by atomic mass is 9.94. The fourth-order valence-electron chi connectivity index (χ4n) is 3.23. The van der Waals surface area contributed by atoms with Crippen LogP contribution in [0, 0.1) is 0 Å². The van der Waals surface area contributed by atoms with Crippen molar-refractivity contribution < 1.29 is 13.2 Å². The largest absolute Gasteiger partial charge is 0.336 e. The molecule has 0 bridgehead atoms. The van der Waals surface area contributed by atoms with Crippen LogP contribution in [-0.2, 0) is 29.7 Å². The Morgan fingerprint density at radius 3 is 2.45 bits per heavy atom. The third kappa shape index (κ3) is 2.69. The Morgan fingerprint density at radius 2 is 1.77 bits per heavy atom. The minimum absolute atomic E-state index is 0.0238. The molecule has 0 aromatic carbocycles. The smallest absolute Gasteiger partial charge is 0.263 e. The van der Waals surface area contributed by atoms with Crippen molar-refractivity contribution in [2.24, 2.45) is 7.05 Å². The Bertz CT molecular complexity index is 765. The lowest BCUT2D eigenvalue weighted by Gasteiger charge is -2.27. The van der Waals surface area contributed by atoms with Crippen molar-refractivity contribution in [3.63, 3.8) is 0 Å². The van der Waals surface area contributed by atoms with Crippen LogP contribution in [-0.4, -0.2) is 48.4 Å². The second-order valence-electron chi connectivity index (χ2n) is 6.05. The van der Waals surface area contributed by atoms with Gasteiger partial charge in [0.05, 0.1) is 11.5 Å². The highest BCUT2D eigenvalue weighted by Gasteiger charge is 2.28. The number of fused-ring (bicyclic) bond motifs is 1. The van der Waals surface area contributed by atoms with Crippen LogP contribution in [0.25, 0.3) is 0 Å². The minimum Gasteiger partial charge on any atom is -0.336 e. The maximum absolute atomic E-state index is 12.6. The molecule has 1 fully saturated rings. The molecule has 3 rings (SSSR count). The number of nitrogens with zero attached hydrogens (tertiary/aromatic N) is 2. The molecule has 22 heavy (non-hydrogen) atoms. The summed E-state index contributed by atoms with van der Waals surface area (Å²) in [5.74, 6) is -0.391. The summed E-state index contributed by atoms with van der Waals surface area (Å²) in [5, 5.41) is 0. The van der Waals surface area contributed by atoms with Gasteiger partial charge >= 0.3 is 0 Å². The van der Waals surface area contributed by atoms with Gasteiger partial charge < -0.3 is 9.47 Å². The highest BCUT2D eigenvalue weighted by molar-refractivity contribution is 7.91. The van der Waals surface area contributed by atoms with Crippen LogP contribution in [0.5, 0.6) is 0 Å². The SMILES string of the molecule is Cn1c2c(cc(C(=O)N3CCS(=O)(=O)CC3)c1=O)CCCC2. The first kappa shape index (κ1) is 15.3. The Kier molecular flexibility index (Phi) is 3.84. The zero-order chi connectivity index (χ0) is 15.9. The summed E-state index contributed by atoms with van der Waals surface area (Å²) >= 11 is 0. The van der Waals surface area contributed by atoms with E-state index in [9.17, 15) is 18.0 Å². The maximum Gasteiger partial charge on any atom is 0.263 e. The van der Waals surface area contributed by atoms with Crippen molar-refractivity contribution in [2.75, 3.05) is 24.6 Å². The normalized spacial score (nSPS) is 20.5. The van der Waals surface area contributed by atoms with E-state index in [0.29, 0.717) is 0 Å². The zero-order valence-electron chi connectivity index (χ0n) is 12.7. The van der Waals surface area contributed by atoms with E-state index in [0.717, 1.165) is 36.9 Å². The highest BCUT2D eigenvalue weighted by Crippen LogP contribution is 2.21. The Hall–Kier alpha value is -1.63. The number of amides is 1. The molecular formula is C15H20N2O4S. The summed E-state index contributed by atoms with van der Waals surface area (Å²) < 4.78 is 24.5. The van der Waals surface area contributed by atoms with Crippen LogP contribution in [0.4, 0.5) is 0 Å². The predicted octanol–water partition coefficient (Wildman–Crippen LogP) is 0.135. The zero-order valence-corrected chi connectivity index (χ0v) is 13.5. The van der Waals surface area contributed by atoms with E-state index in [1.807, 2.05) is 0 Å². The lowest BCUT2D eigenvalue weighted by Crippen LogP contribution is -2.45. The quantitative estimate of drug-likeness (QED) is 0.736. The Balaban J connectivity index is 1.93. The van der Waals surface area contributed by atoms with E-state index in [2.05, 4.69) is 0 Å². The van der Waals surface area contributed by atoms with E-state index in [1.165, 1.54) is 4.90 Å². The molecular weight excluding hydrogens is 304 g/mol. The number of aryl methyl sites for hydroxylation is 1. The molecule has 2 aliphatic rings. The molecule has 7 heteroatoms. The number of carbonyl (C=O) groups is 1. The highest BCUT2D eigenvalue weighted by atomic mass is 32.2. The van der Waals surface area contributed by atoms with E-state index < -0.39 is 9.84 Å². The molecule has 0 saturated carbocycles. The number of sulfone groups is 1. The number of rotatable bonds is 1. The van der Waals surface area contributed by atoms with Gasteiger partial charge in [0, 0.05) is 25.8 Å². The van der Waals surface area contributed by atoms with Crippen LogP contribution in [0.3, 0.4) is 0 Å². The first-order valence-corrected chi connectivity index (χ1v) is 9.43. The maximum atomic E-state index is 12.6. The van der Waals surface area contributed by atoms with E-state index in [4.69, 9.17) is 0 Å². The summed E-state index contributed by atoms with van der Waals surface area (Å²) in [7, 11) is -1.33. The van der Waals surface area contributed by atoms with Crippen LogP contribution in [0.2, 0.25) is 0 Å². The number of pyridine rings is 1. The summed E-state index contributed by atoms with van der Waals surface area (Å²) in [4.78, 5) is 26.5. The molecule has 0 atom stereocenters. The van der Waals surface area contributed by atoms with Crippen molar-refractivity contribution in [3.05, 3.63) is 33.2 Å². The molecule has 120 valence electrons. The number of hydrogen-bond donors (Lipinski definition) is 0. The molecule has 0 radical (unpaired) electrons. The van der Waals surface area contributed by atoms with Gasteiger partial charge in [-0.15, -0.1) is 0 Å². The molecule has 0 N–H and O–H groups in total. The number of carbonyl (C=O) groups excluding carboxylic acids is 1. The first-order chi connectivity index (χ1) is 10.4. The van der Waals surface area contributed by atoms with E-state index in [1.54, 1.807) is 17.7 Å². The topological polar surface area (TPSA) is 76.5 Å². The third-order valence-corrected chi connectivity index (χ3v) is 6.21. The molecule has 1 amide bonds. The van der Waals surface area contributed by atoms with Gasteiger partial charge in [-0.3, -0.25) is 9.59 Å². The fourth-order valence-corrected chi connectivity index (χ4v) is 4.43. The van der Waals surface area contributed by atoms with Crippen LogP contribution < -0.4 is 5.56 Å². The van der Waals surface area contributed by atoms with Crippen LogP contribution in [0.15, 0.2) is 10.9 Å². The Morgan fingerprint density at radius 1 is 1.14 bits per heavy atom. The second-order valence-corrected chi connectivity index (χ2v) is 8.35. The Labute approximate surface area is 129 Å². The van der Waals surface area contributed by atoms with E-state index in [-0.39, 0.29) is 41.6 Å². The monoisotopic (exact) mass is 324 g/mol. The molecule has 1 aromatic heterocycles. The fraction of sp³-hybridized carbons (Fsp3) is 0.600. The molecule has 2 heterocycles. The molecule has 1 saturated heterocycles. The van der Waals surface area contributed by atoms with Crippen molar-refractivity contribution >= 4 is 15.7 Å². The average molecular weight is 324 g/mol. The minimum atomic E-state index is -3.04. The molecule has 1 aliphatic heterocycles. The lowest BCUT2D eigenvalue weighted by molar-refractivity contribution is 0.0767. The predicted molar refractivity (Wildman–Crippen MR) is 82.9 cm³/mol. The average Bonchev–Trinajstić information content (AvgIpc) is 2.50. The van der Waals surface area contributed by atoms with E-state index >= 15 is 0 Å². The van der Waals surface area contributed by atoms with Crippen molar-refractivity contribution in [1.29, 1.82) is 0 Å². The third-order valence-electron chi connectivity index (χ3n) is 4.60. The van der Waals surface area contributed by atoms with Crippen LogP contribution in [0.1, 0.15) is 34.5 Å². The first-order valence-electron chi connectivity index (χ1n) is 7.60. The standard InChI is InChI=1S/C15H20N2O4S/c1-16-13-5-3-2-4-11(13)10-12(14(16)18)15(19)17-6-8-22(20,21)9-7-17/h10H,2-9H2,1H3. The van der Waals surface area contributed by atoms with Gasteiger partial charge in [-0.25, -0.2) is 8.42 Å². The molecule has 1 aliphatic carbocycles. The molecule has 6 nitrogen and oxygen atoms in total. The molecule has 1 aromatic rings. The van der Waals surface area contributed by atoms with Crippen molar-refractivity contribution in [2.45, 2.75) is 25.7 Å². The van der Waals surface area contributed by atoms with Gasteiger partial charge in [0.1, 0.15) is 5.56 Å². The van der Waals surface area contributed by atoms with Gasteiger partial charge in [0.15, 0.2) is 9.84 Å². The summed E-state index contributed by atoms with van der Waals surface area (Å²) in [6.07, 6.45) is 3.90. The van der Waals surface area contributed by atoms with Crippen molar-refractivity contribution in [3.8, 4) is 0 Å². The number of aromatic nitrogens is 1. The van der Waals surface area contributed by atoms with Gasteiger partial charge in [-0.1, -0.05) is 0 Å². The van der Waals surface area contributed by atoms with Gasteiger partial charge in [0.2, 0.25) is 0 Å². The summed E-state index contributed by atoms with van der Waals surface area (Å²) in [6.45, 7) is 0.336. The van der Waals surface area contributed by atoms with Gasteiger partial charge in [-0.2, -0.15) is 0 Å². The summed E-state index contributed by atoms with van der Waals surface area (Å²) in [5.41, 5.74) is 1.98. The van der Waals surface area contributed by atoms with Gasteiger partial charge in [0.25, 0.3) is 11.5 Å². The summed E-state index contributed by atoms with van der Waals surface area (Å²) in [6, 6.07) is 1.72. The van der Waals surface area contributed by atoms with Gasteiger partial charge in [-0.05, 0) is 37.3 Å². The second kappa shape index (κ2) is 5.53.